The highest BCUT2D eigenvalue weighted by Crippen LogP contribution is 2.21. The fourth-order valence-corrected chi connectivity index (χ4v) is 1.58. The number of hydrogen-bond acceptors (Lipinski definition) is 4. The zero-order valence-electron chi connectivity index (χ0n) is 9.08. The lowest BCUT2D eigenvalue weighted by atomic mass is 10.2. The molecule has 0 aliphatic carbocycles. The van der Waals surface area contributed by atoms with Crippen LogP contribution in [0.5, 0.6) is 0 Å². The van der Waals surface area contributed by atoms with E-state index in [0.717, 1.165) is 5.69 Å². The maximum atomic E-state index is 11.3. The van der Waals surface area contributed by atoms with Crippen LogP contribution >= 0.6 is 12.6 Å². The Morgan fingerprint density at radius 1 is 1.41 bits per heavy atom. The number of benzene rings is 1. The second kappa shape index (κ2) is 4.88. The molecule has 1 heterocycles. The van der Waals surface area contributed by atoms with Crippen LogP contribution in [0.1, 0.15) is 0 Å². The number of nitrogens with one attached hydrogen (secondary N) is 2. The molecule has 0 bridgehead atoms. The molecule has 0 saturated heterocycles. The molecule has 17 heavy (non-hydrogen) atoms. The first-order chi connectivity index (χ1) is 8.22. The van der Waals surface area contributed by atoms with Gasteiger partial charge in [0, 0.05) is 7.05 Å². The van der Waals surface area contributed by atoms with E-state index in [-0.39, 0.29) is 6.03 Å². The van der Waals surface area contributed by atoms with E-state index in [1.165, 1.54) is 6.33 Å². The highest BCUT2D eigenvalue weighted by Gasteiger charge is 2.09. The van der Waals surface area contributed by atoms with Crippen molar-refractivity contribution >= 4 is 24.3 Å². The molecule has 0 saturated carbocycles. The average Bonchev–Trinajstić information content (AvgIpc) is 2.76. The Labute approximate surface area is 103 Å². The van der Waals surface area contributed by atoms with Crippen LogP contribution in [-0.2, 0) is 0 Å². The number of amides is 2. The fourth-order valence-electron chi connectivity index (χ4n) is 1.37. The lowest BCUT2D eigenvalue weighted by Gasteiger charge is -2.11. The van der Waals surface area contributed by atoms with Gasteiger partial charge in [-0.15, -0.1) is 22.8 Å². The van der Waals surface area contributed by atoms with Crippen molar-refractivity contribution in [2.75, 3.05) is 12.4 Å². The van der Waals surface area contributed by atoms with Crippen LogP contribution in [0.2, 0.25) is 0 Å². The van der Waals surface area contributed by atoms with Crippen LogP contribution in [0.4, 0.5) is 10.5 Å². The molecule has 7 heteroatoms. The molecule has 2 rings (SSSR count). The summed E-state index contributed by atoms with van der Waals surface area (Å²) in [6.07, 6.45) is 1.53. The molecule has 88 valence electrons. The number of anilines is 1. The number of hydrogen-bond donors (Lipinski definition) is 3. The summed E-state index contributed by atoms with van der Waals surface area (Å²) in [5, 5.41) is 13.2. The van der Waals surface area contributed by atoms with Gasteiger partial charge in [-0.1, -0.05) is 12.1 Å². The van der Waals surface area contributed by atoms with Gasteiger partial charge in [0.05, 0.1) is 11.4 Å². The number of thiol groups is 1. The molecule has 0 spiro atoms. The Bertz CT molecular complexity index is 539. The van der Waals surface area contributed by atoms with E-state index in [9.17, 15) is 4.79 Å². The third kappa shape index (κ3) is 2.39. The molecule has 0 radical (unpaired) electrons. The minimum atomic E-state index is -0.286. The summed E-state index contributed by atoms with van der Waals surface area (Å²) in [5.41, 5.74) is 1.41. The third-order valence-electron chi connectivity index (χ3n) is 2.17. The van der Waals surface area contributed by atoms with Crippen molar-refractivity contribution in [1.82, 2.24) is 20.1 Å². The number of carbonyl (C=O) groups excluding carboxylic acids is 1. The number of rotatable bonds is 2. The third-order valence-corrected chi connectivity index (χ3v) is 2.47. The molecular weight excluding hydrogens is 238 g/mol. The molecule has 0 unspecified atom stereocenters. The van der Waals surface area contributed by atoms with Crippen LogP contribution in [0.3, 0.4) is 0 Å². The molecule has 1 aromatic heterocycles. The quantitative estimate of drug-likeness (QED) is 0.703. The minimum Gasteiger partial charge on any atom is -0.341 e. The summed E-state index contributed by atoms with van der Waals surface area (Å²) < 4.78 is 1.67. The van der Waals surface area contributed by atoms with Crippen molar-refractivity contribution in [3.8, 4) is 5.69 Å². The van der Waals surface area contributed by atoms with Crippen LogP contribution in [0.25, 0.3) is 5.69 Å². The number of aromatic nitrogens is 3. The fraction of sp³-hybridized carbons (Fsp3) is 0.100. The first-order valence-electron chi connectivity index (χ1n) is 4.89. The molecule has 6 nitrogen and oxygen atoms in total. The van der Waals surface area contributed by atoms with Crippen molar-refractivity contribution in [2.24, 2.45) is 0 Å². The molecule has 0 aliphatic rings. The Morgan fingerprint density at radius 2 is 2.18 bits per heavy atom. The molecule has 2 aromatic rings. The van der Waals surface area contributed by atoms with Crippen molar-refractivity contribution in [1.29, 1.82) is 0 Å². The number of urea groups is 1. The lowest BCUT2D eigenvalue weighted by molar-refractivity contribution is 0.254. The molecule has 0 aliphatic heterocycles. The van der Waals surface area contributed by atoms with Gasteiger partial charge in [-0.3, -0.25) is 4.57 Å². The molecular formula is C10H11N5OS. The predicted molar refractivity (Wildman–Crippen MR) is 66.7 cm³/mol. The topological polar surface area (TPSA) is 71.8 Å². The maximum absolute atomic E-state index is 11.3. The average molecular weight is 249 g/mol. The molecule has 1 aromatic carbocycles. The minimum absolute atomic E-state index is 0.286. The number of para-hydroxylation sites is 2. The summed E-state index contributed by atoms with van der Waals surface area (Å²) >= 11 is 4.18. The Morgan fingerprint density at radius 3 is 2.82 bits per heavy atom. The van der Waals surface area contributed by atoms with E-state index in [4.69, 9.17) is 0 Å². The van der Waals surface area contributed by atoms with Gasteiger partial charge in [-0.2, -0.15) is 0 Å². The van der Waals surface area contributed by atoms with E-state index in [1.54, 1.807) is 17.7 Å². The Balaban J connectivity index is 2.41. The van der Waals surface area contributed by atoms with Gasteiger partial charge in [-0.25, -0.2) is 4.79 Å². The zero-order chi connectivity index (χ0) is 12.3. The number of carbonyl (C=O) groups is 1. The van der Waals surface area contributed by atoms with E-state index >= 15 is 0 Å². The van der Waals surface area contributed by atoms with Gasteiger partial charge < -0.3 is 10.6 Å². The highest BCUT2D eigenvalue weighted by molar-refractivity contribution is 7.80. The van der Waals surface area contributed by atoms with Crippen molar-refractivity contribution < 1.29 is 4.79 Å². The van der Waals surface area contributed by atoms with Gasteiger partial charge in [0.25, 0.3) is 0 Å². The zero-order valence-corrected chi connectivity index (χ0v) is 9.98. The van der Waals surface area contributed by atoms with Gasteiger partial charge in [-0.05, 0) is 12.1 Å². The van der Waals surface area contributed by atoms with Gasteiger partial charge in [0.2, 0.25) is 0 Å². The number of nitrogens with zero attached hydrogens (tertiary/aromatic N) is 3. The van der Waals surface area contributed by atoms with Crippen molar-refractivity contribution in [2.45, 2.75) is 5.16 Å². The first kappa shape index (κ1) is 11.5. The molecule has 2 amide bonds. The Hall–Kier alpha value is -2.02. The summed E-state index contributed by atoms with van der Waals surface area (Å²) in [7, 11) is 1.56. The predicted octanol–water partition coefficient (Wildman–Crippen LogP) is 1.31. The lowest BCUT2D eigenvalue weighted by Crippen LogP contribution is -2.25. The monoisotopic (exact) mass is 249 g/mol. The molecule has 0 fully saturated rings. The van der Waals surface area contributed by atoms with Crippen LogP contribution in [0.15, 0.2) is 35.7 Å². The van der Waals surface area contributed by atoms with E-state index in [1.807, 2.05) is 18.2 Å². The standard InChI is InChI=1S/C10H11N5OS/c1-11-9(16)13-7-4-2-3-5-8(7)15-6-12-14-10(15)17/h2-6H,1H3,(H,14,17)(H2,11,13,16). The maximum Gasteiger partial charge on any atom is 0.319 e. The van der Waals surface area contributed by atoms with Crippen LogP contribution in [0, 0.1) is 0 Å². The van der Waals surface area contributed by atoms with Crippen LogP contribution < -0.4 is 10.6 Å². The normalized spacial score (nSPS) is 10.0. The second-order valence-corrected chi connectivity index (χ2v) is 3.62. The highest BCUT2D eigenvalue weighted by atomic mass is 32.1. The van der Waals surface area contributed by atoms with Crippen molar-refractivity contribution in [3.63, 3.8) is 0 Å². The van der Waals surface area contributed by atoms with Gasteiger partial charge in [0.15, 0.2) is 5.16 Å². The smallest absolute Gasteiger partial charge is 0.319 e. The first-order valence-corrected chi connectivity index (χ1v) is 5.34. The summed E-state index contributed by atoms with van der Waals surface area (Å²) in [5.74, 6) is 0. The molecule has 0 atom stereocenters. The van der Waals surface area contributed by atoms with Gasteiger partial charge >= 0.3 is 6.03 Å². The Kier molecular flexibility index (Phi) is 3.29. The van der Waals surface area contributed by atoms with E-state index in [2.05, 4.69) is 33.5 Å². The second-order valence-electron chi connectivity index (χ2n) is 3.22. The molecule has 2 N–H and O–H groups in total. The largest absolute Gasteiger partial charge is 0.341 e. The summed E-state index contributed by atoms with van der Waals surface area (Å²) in [4.78, 5) is 11.3. The summed E-state index contributed by atoms with van der Waals surface area (Å²) in [6.45, 7) is 0. The van der Waals surface area contributed by atoms with E-state index in [0.29, 0.717) is 10.8 Å². The van der Waals surface area contributed by atoms with E-state index < -0.39 is 0 Å². The summed E-state index contributed by atoms with van der Waals surface area (Å²) in [6, 6.07) is 7.03. The van der Waals surface area contributed by atoms with Crippen molar-refractivity contribution in [3.05, 3.63) is 30.6 Å². The SMILES string of the molecule is CNC(=O)Nc1ccccc1-n1cnnc1S. The van der Waals surface area contributed by atoms with Crippen LogP contribution in [-0.4, -0.2) is 27.8 Å². The van der Waals surface area contributed by atoms with Gasteiger partial charge in [0.1, 0.15) is 6.33 Å².